The van der Waals surface area contributed by atoms with E-state index in [-0.39, 0.29) is 111 Å². The van der Waals surface area contributed by atoms with Gasteiger partial charge >= 0.3 is 624 Å². The first-order valence-corrected chi connectivity index (χ1v) is 86.5. The van der Waals surface area contributed by atoms with Crippen molar-refractivity contribution in [3.05, 3.63) is 0 Å². The van der Waals surface area contributed by atoms with E-state index in [0.29, 0.717) is 0 Å². The van der Waals surface area contributed by atoms with Crippen LogP contribution < -0.4 is 0 Å². The third-order valence-electron chi connectivity index (χ3n) is 2.45. The van der Waals surface area contributed by atoms with Gasteiger partial charge in [0.05, 0.1) is 0 Å². The minimum atomic E-state index is 0. The van der Waals surface area contributed by atoms with Crippen molar-refractivity contribution >= 4 is 315 Å². The molecule has 0 aliphatic heterocycles. The zero-order valence-corrected chi connectivity index (χ0v) is 119. The standard InChI is InChI=1S/12C3H7Te.4BrH.8Hg/c12*1-2-3-4;;;;;;;;;;;;/h12*2-3H2,1H3;4*1H;;;;;;;;/q;;;;;;;;;;;;;;;;;;;;4*+1/p-4. The van der Waals surface area contributed by atoms with Crippen LogP contribution in [0.25, 0.3) is 0 Å². The van der Waals surface area contributed by atoms with E-state index in [1.54, 1.807) is 0 Å². The molecule has 0 unspecified atom stereocenters. The van der Waals surface area contributed by atoms with Crippen molar-refractivity contribution in [2.75, 3.05) is 0 Å². The largest absolute Gasteiger partial charge is 0 e. The van der Waals surface area contributed by atoms with Crippen molar-refractivity contribution in [3.8, 4) is 0 Å². The molecule has 0 fully saturated rings. The maximum Gasteiger partial charge on any atom is 0 e. The molecule has 0 spiro atoms. The Morgan fingerprint density at radius 3 is 0.200 bits per heavy atom. The van der Waals surface area contributed by atoms with Gasteiger partial charge in [-0.25, -0.2) is 0 Å². The van der Waals surface area contributed by atoms with Crippen LogP contribution >= 0.6 is 47.6 Å². The Labute approximate surface area is 714 Å². The molecule has 0 saturated carbocycles. The van der Waals surface area contributed by atoms with Crippen LogP contribution in [0.4, 0.5) is 0 Å². The van der Waals surface area contributed by atoms with E-state index in [4.69, 9.17) is 0 Å². The van der Waals surface area contributed by atoms with Gasteiger partial charge in [0.2, 0.25) is 0 Å². The predicted molar refractivity (Wildman–Crippen MR) is 286 cm³/mol. The summed E-state index contributed by atoms with van der Waals surface area (Å²) in [6, 6.07) is 0. The molecule has 0 bridgehead atoms. The molecule has 0 aromatic carbocycles. The minimum Gasteiger partial charge on any atom is 0 e. The van der Waals surface area contributed by atoms with Gasteiger partial charge in [0, 0.05) is 111 Å². The van der Waals surface area contributed by atoms with Crippen LogP contribution in [0, 0.1) is 0 Å². The zero-order valence-electron chi connectivity index (χ0n) is 41.0. The van der Waals surface area contributed by atoms with Gasteiger partial charge in [-0.1, -0.05) is 0 Å². The summed E-state index contributed by atoms with van der Waals surface area (Å²) in [5, 5.41) is 0. The van der Waals surface area contributed by atoms with Crippen LogP contribution in [0.3, 0.4) is 0 Å². The fourth-order valence-electron chi connectivity index (χ4n) is 0. The van der Waals surface area contributed by atoms with Crippen molar-refractivity contribution < 1.29 is 205 Å². The summed E-state index contributed by atoms with van der Waals surface area (Å²) in [6.07, 6.45) is 15.9. The SMILES string of the molecule is CCC[Te].CCC[Te].CCC[Te].CCC[Te].CCC[Te].CCC[Te].CCC[Te].CCC[Te].CCC[Te].CCC[Te].CCC[Te].CCC[Te].[Br][Hg].[Br][Hg].[Br][Hg].[Br][Hg].[Hg].[Hg].[Hg].[Hg]. The maximum atomic E-state index is 3.13. The average molecular weight is 3970 g/mol. The third-order valence-corrected chi connectivity index (χ3v) is 16.4. The smallest absolute Gasteiger partial charge is 0 e. The number of halogens is 4. The van der Waals surface area contributed by atoms with E-state index >= 15 is 0 Å². The zero-order chi connectivity index (χ0) is 49.0. The van der Waals surface area contributed by atoms with E-state index in [9.17, 15) is 0 Å². The van der Waals surface area contributed by atoms with Gasteiger partial charge in [-0.15, -0.1) is 0 Å². The summed E-state index contributed by atoms with van der Waals surface area (Å²) in [5.41, 5.74) is 0. The van der Waals surface area contributed by atoms with E-state index < -0.39 is 0 Å². The van der Waals surface area contributed by atoms with Crippen molar-refractivity contribution in [3.63, 3.8) is 0 Å². The Morgan fingerprint density at radius 2 is 0.200 bits per heavy atom. The van der Waals surface area contributed by atoms with Crippen LogP contribution in [0.1, 0.15) is 160 Å². The number of hydrogen-bond acceptors (Lipinski definition) is 0. The first kappa shape index (κ1) is 138. The summed E-state index contributed by atoms with van der Waals surface area (Å²) in [5.74, 6) is 0. The minimum absolute atomic E-state index is 0. The molecule has 0 nitrogen and oxygen atoms in total. The molecule has 24 heteroatoms. The molecule has 0 saturated heterocycles. The molecule has 0 N–H and O–H groups in total. The predicted octanol–water partition coefficient (Wildman–Crippen LogP) is 15.2. The molecule has 0 aromatic rings. The molecule has 0 rings (SSSR count). The van der Waals surface area contributed by atoms with E-state index in [2.05, 4.69) is 398 Å². The van der Waals surface area contributed by atoms with E-state index in [1.165, 1.54) is 131 Å². The van der Waals surface area contributed by atoms with Gasteiger partial charge in [-0.05, 0) is 0 Å². The van der Waals surface area contributed by atoms with Crippen molar-refractivity contribution in [2.24, 2.45) is 0 Å². The third kappa shape index (κ3) is 464. The number of rotatable bonds is 12. The molecular formula is C36H84Br4Hg8Te12. The summed E-state index contributed by atoms with van der Waals surface area (Å²) in [6.45, 7) is 26.2. The van der Waals surface area contributed by atoms with Gasteiger partial charge in [-0.2, -0.15) is 0 Å². The first-order chi connectivity index (χ1) is 27.0. The Kier molecular flexibility index (Phi) is 576. The summed E-state index contributed by atoms with van der Waals surface area (Å²) >= 11 is 41.4. The van der Waals surface area contributed by atoms with E-state index in [1.807, 2.05) is 0 Å². The summed E-state index contributed by atoms with van der Waals surface area (Å²) in [7, 11) is 0. The number of hydrogen-bond donors (Lipinski definition) is 0. The summed E-state index contributed by atoms with van der Waals surface area (Å²) < 4.78 is 16.0. The normalized spacial score (nSPS) is 6.47. The van der Waals surface area contributed by atoms with Gasteiger partial charge in [0.25, 0.3) is 0 Å². The molecule has 0 heterocycles. The Bertz CT molecular complexity index is 203. The average Bonchev–Trinajstić information content (AvgIpc) is 3.32. The quantitative estimate of drug-likeness (QED) is 0.171. The Balaban J connectivity index is -0.0000000158. The first-order valence-electron chi connectivity index (χ1n) is 19.0. The second-order valence-electron chi connectivity index (χ2n) is 8.45. The monoisotopic (exact) mass is 4010 g/mol. The van der Waals surface area contributed by atoms with Crippen molar-refractivity contribution in [1.82, 2.24) is 0 Å². The molecule has 344 valence electrons. The second-order valence-corrected chi connectivity index (χ2v) is 22.4. The Morgan fingerprint density at radius 1 is 0.183 bits per heavy atom. The molecule has 0 amide bonds. The molecule has 60 heavy (non-hydrogen) atoms. The molecule has 0 atom stereocenters. The molecule has 0 aliphatic rings. The van der Waals surface area contributed by atoms with Gasteiger partial charge in [0.1, 0.15) is 0 Å². The topological polar surface area (TPSA) is 0 Å². The Hall–Kier alpha value is 18.9. The second kappa shape index (κ2) is 250. The van der Waals surface area contributed by atoms with Crippen molar-refractivity contribution in [2.45, 2.75) is 214 Å². The molecule has 0 aliphatic carbocycles. The van der Waals surface area contributed by atoms with Gasteiger partial charge in [-0.3, -0.25) is 0 Å². The molecular weight excluding hydrogens is 3890 g/mol. The fourth-order valence-corrected chi connectivity index (χ4v) is 0. The van der Waals surface area contributed by atoms with Crippen LogP contribution in [-0.4, -0.2) is 268 Å². The van der Waals surface area contributed by atoms with Gasteiger partial charge in [0.15, 0.2) is 0 Å². The van der Waals surface area contributed by atoms with Crippen LogP contribution in [0.15, 0.2) is 0 Å². The summed E-state index contributed by atoms with van der Waals surface area (Å²) in [4.78, 5) is 0. The fraction of sp³-hybridized carbons (Fsp3) is 1.00. The van der Waals surface area contributed by atoms with Crippen LogP contribution in [0.2, 0.25) is 53.6 Å². The molecule has 12 radical (unpaired) electrons. The van der Waals surface area contributed by atoms with Crippen LogP contribution in [-0.2, 0) is 205 Å². The van der Waals surface area contributed by atoms with E-state index in [0.717, 1.165) is 94.8 Å². The van der Waals surface area contributed by atoms with Gasteiger partial charge < -0.3 is 0 Å². The van der Waals surface area contributed by atoms with Crippen LogP contribution in [0.5, 0.6) is 0 Å². The molecule has 0 aromatic heterocycles. The van der Waals surface area contributed by atoms with Crippen molar-refractivity contribution in [1.29, 1.82) is 0 Å². The maximum absolute atomic E-state index is 3.13.